The second kappa shape index (κ2) is 5.84. The van der Waals surface area contributed by atoms with Crippen LogP contribution in [-0.2, 0) is 0 Å². The molecule has 2 rings (SSSR count). The van der Waals surface area contributed by atoms with Gasteiger partial charge in [0.1, 0.15) is 0 Å². The molecule has 1 saturated heterocycles. The van der Waals surface area contributed by atoms with E-state index in [2.05, 4.69) is 54.6 Å². The number of nitrogens with two attached hydrogens (primary N) is 1. The van der Waals surface area contributed by atoms with E-state index in [-0.39, 0.29) is 11.6 Å². The van der Waals surface area contributed by atoms with Crippen molar-refractivity contribution < 1.29 is 0 Å². The molecule has 19 heavy (non-hydrogen) atoms. The van der Waals surface area contributed by atoms with Crippen LogP contribution in [0.2, 0.25) is 0 Å². The lowest BCUT2D eigenvalue weighted by molar-refractivity contribution is 0.0774. The van der Waals surface area contributed by atoms with Gasteiger partial charge < -0.3 is 5.73 Å². The minimum atomic E-state index is 0.164. The summed E-state index contributed by atoms with van der Waals surface area (Å²) in [5, 5.41) is 0. The van der Waals surface area contributed by atoms with Crippen molar-refractivity contribution in [3.8, 4) is 0 Å². The highest BCUT2D eigenvalue weighted by Gasteiger charge is 2.36. The summed E-state index contributed by atoms with van der Waals surface area (Å²) in [5.41, 5.74) is 6.67. The number of aryl methyl sites for hydroxylation is 1. The van der Waals surface area contributed by atoms with Gasteiger partial charge in [-0.15, -0.1) is 11.3 Å². The third-order valence-corrected chi connectivity index (χ3v) is 6.16. The fourth-order valence-corrected chi connectivity index (χ4v) is 4.69. The van der Waals surface area contributed by atoms with Gasteiger partial charge in [-0.3, -0.25) is 4.90 Å². The van der Waals surface area contributed by atoms with Gasteiger partial charge in [0.2, 0.25) is 0 Å². The standard InChI is InChI=1S/C15H25BrN2S/c1-10-11(16)9-13(19-10)14-12(17)7-5-6-8-18(14)15(2,3)4/h9,12,14H,5-8,17H2,1-4H3. The largest absolute Gasteiger partial charge is 0.326 e. The lowest BCUT2D eigenvalue weighted by Crippen LogP contribution is -2.48. The van der Waals surface area contributed by atoms with Crippen molar-refractivity contribution in [2.45, 2.75) is 64.6 Å². The Bertz CT molecular complexity index is 416. The van der Waals surface area contributed by atoms with Crippen LogP contribution in [0, 0.1) is 6.92 Å². The van der Waals surface area contributed by atoms with Crippen LogP contribution in [-0.4, -0.2) is 23.0 Å². The summed E-state index contributed by atoms with van der Waals surface area (Å²) >= 11 is 5.53. The second-order valence-electron chi connectivity index (χ2n) is 6.52. The number of hydrogen-bond donors (Lipinski definition) is 1. The van der Waals surface area contributed by atoms with E-state index in [4.69, 9.17) is 5.73 Å². The van der Waals surface area contributed by atoms with Crippen LogP contribution in [0.1, 0.15) is 55.8 Å². The van der Waals surface area contributed by atoms with Gasteiger partial charge in [0.05, 0.1) is 6.04 Å². The number of thiophene rings is 1. The molecule has 1 aromatic rings. The van der Waals surface area contributed by atoms with Gasteiger partial charge in [0.15, 0.2) is 0 Å². The van der Waals surface area contributed by atoms with Crippen molar-refractivity contribution in [3.05, 3.63) is 20.3 Å². The molecule has 2 heterocycles. The molecule has 2 atom stereocenters. The molecule has 0 amide bonds. The SMILES string of the molecule is Cc1sc(C2C(N)CCCCN2C(C)(C)C)cc1Br. The average molecular weight is 345 g/mol. The van der Waals surface area contributed by atoms with E-state index < -0.39 is 0 Å². The molecule has 1 aliphatic rings. The van der Waals surface area contributed by atoms with Crippen LogP contribution in [0.25, 0.3) is 0 Å². The molecule has 108 valence electrons. The molecular weight excluding hydrogens is 320 g/mol. The molecule has 0 spiro atoms. The zero-order chi connectivity index (χ0) is 14.2. The summed E-state index contributed by atoms with van der Waals surface area (Å²) < 4.78 is 1.22. The maximum Gasteiger partial charge on any atom is 0.0598 e. The highest BCUT2D eigenvalue weighted by molar-refractivity contribution is 9.10. The van der Waals surface area contributed by atoms with Crippen LogP contribution in [0.5, 0.6) is 0 Å². The topological polar surface area (TPSA) is 29.3 Å². The molecule has 0 saturated carbocycles. The zero-order valence-corrected chi connectivity index (χ0v) is 14.8. The minimum Gasteiger partial charge on any atom is -0.326 e. The van der Waals surface area contributed by atoms with Gasteiger partial charge in [-0.1, -0.05) is 6.42 Å². The normalized spacial score (nSPS) is 26.4. The Morgan fingerprint density at radius 2 is 2.05 bits per heavy atom. The molecule has 1 aromatic heterocycles. The fourth-order valence-electron chi connectivity index (χ4n) is 2.93. The van der Waals surface area contributed by atoms with Crippen molar-refractivity contribution in [1.29, 1.82) is 0 Å². The molecule has 2 N–H and O–H groups in total. The summed E-state index contributed by atoms with van der Waals surface area (Å²) in [7, 11) is 0. The lowest BCUT2D eigenvalue weighted by Gasteiger charge is -2.42. The summed E-state index contributed by atoms with van der Waals surface area (Å²) in [4.78, 5) is 5.36. The van der Waals surface area contributed by atoms with Crippen molar-refractivity contribution in [3.63, 3.8) is 0 Å². The number of nitrogens with zero attached hydrogens (tertiary/aromatic N) is 1. The van der Waals surface area contributed by atoms with E-state index in [0.717, 1.165) is 13.0 Å². The van der Waals surface area contributed by atoms with E-state index in [1.165, 1.54) is 27.1 Å². The molecule has 2 unspecified atom stereocenters. The lowest BCUT2D eigenvalue weighted by atomic mass is 9.97. The average Bonchev–Trinajstić information content (AvgIpc) is 2.50. The second-order valence-corrected chi connectivity index (χ2v) is 8.66. The van der Waals surface area contributed by atoms with Gasteiger partial charge in [-0.05, 0) is 69.1 Å². The van der Waals surface area contributed by atoms with Crippen LogP contribution in [0.3, 0.4) is 0 Å². The highest BCUT2D eigenvalue weighted by Crippen LogP contribution is 2.40. The summed E-state index contributed by atoms with van der Waals surface area (Å²) in [6, 6.07) is 2.87. The van der Waals surface area contributed by atoms with Gasteiger partial charge in [0, 0.05) is 25.8 Å². The number of rotatable bonds is 1. The Labute approximate surface area is 129 Å². The van der Waals surface area contributed by atoms with E-state index >= 15 is 0 Å². The number of likely N-dealkylation sites (tertiary alicyclic amines) is 1. The minimum absolute atomic E-state index is 0.164. The third-order valence-electron chi connectivity index (χ3n) is 3.96. The summed E-state index contributed by atoms with van der Waals surface area (Å²) in [5.74, 6) is 0. The van der Waals surface area contributed by atoms with Crippen LogP contribution in [0.4, 0.5) is 0 Å². The summed E-state index contributed by atoms with van der Waals surface area (Å²) in [6.45, 7) is 10.2. The van der Waals surface area contributed by atoms with Crippen molar-refractivity contribution in [2.24, 2.45) is 5.73 Å². The maximum atomic E-state index is 6.51. The quantitative estimate of drug-likeness (QED) is 0.814. The van der Waals surface area contributed by atoms with E-state index in [1.54, 1.807) is 0 Å². The molecule has 0 radical (unpaired) electrons. The number of halogens is 1. The maximum absolute atomic E-state index is 6.51. The van der Waals surface area contributed by atoms with E-state index in [9.17, 15) is 0 Å². The fraction of sp³-hybridized carbons (Fsp3) is 0.733. The first kappa shape index (κ1) is 15.5. The predicted molar refractivity (Wildman–Crippen MR) is 87.8 cm³/mol. The Morgan fingerprint density at radius 1 is 1.37 bits per heavy atom. The van der Waals surface area contributed by atoms with Crippen LogP contribution < -0.4 is 5.73 Å². The molecular formula is C15H25BrN2S. The Hall–Kier alpha value is 0.100. The molecule has 0 aromatic carbocycles. The smallest absolute Gasteiger partial charge is 0.0598 e. The van der Waals surface area contributed by atoms with Gasteiger partial charge in [-0.25, -0.2) is 0 Å². The van der Waals surface area contributed by atoms with Crippen molar-refractivity contribution in [2.75, 3.05) is 6.54 Å². The third kappa shape index (κ3) is 3.41. The monoisotopic (exact) mass is 344 g/mol. The molecule has 1 fully saturated rings. The molecule has 1 aliphatic heterocycles. The predicted octanol–water partition coefficient (Wildman–Crippen LogP) is 4.47. The molecule has 0 bridgehead atoms. The van der Waals surface area contributed by atoms with Gasteiger partial charge in [0.25, 0.3) is 0 Å². The van der Waals surface area contributed by atoms with Gasteiger partial charge >= 0.3 is 0 Å². The first-order valence-corrected chi connectivity index (χ1v) is 8.70. The summed E-state index contributed by atoms with van der Waals surface area (Å²) in [6.07, 6.45) is 3.63. The van der Waals surface area contributed by atoms with E-state index in [0.29, 0.717) is 6.04 Å². The first-order chi connectivity index (χ1) is 8.80. The first-order valence-electron chi connectivity index (χ1n) is 7.09. The van der Waals surface area contributed by atoms with Gasteiger partial charge in [-0.2, -0.15) is 0 Å². The van der Waals surface area contributed by atoms with Crippen LogP contribution in [0.15, 0.2) is 10.5 Å². The highest BCUT2D eigenvalue weighted by atomic mass is 79.9. The number of hydrogen-bond acceptors (Lipinski definition) is 3. The molecule has 4 heteroatoms. The van der Waals surface area contributed by atoms with Crippen molar-refractivity contribution >= 4 is 27.3 Å². The van der Waals surface area contributed by atoms with E-state index in [1.807, 2.05) is 11.3 Å². The Kier molecular flexibility index (Phi) is 4.76. The van der Waals surface area contributed by atoms with Crippen molar-refractivity contribution in [1.82, 2.24) is 4.90 Å². The molecule has 2 nitrogen and oxygen atoms in total. The Morgan fingerprint density at radius 3 is 2.58 bits per heavy atom. The molecule has 0 aliphatic carbocycles. The Balaban J connectivity index is 2.39. The van der Waals surface area contributed by atoms with Crippen LogP contribution >= 0.6 is 27.3 Å². The zero-order valence-electron chi connectivity index (χ0n) is 12.4.